The normalized spacial score (nSPS) is 17.7. The Morgan fingerprint density at radius 3 is 2.05 bits per heavy atom. The van der Waals surface area contributed by atoms with Gasteiger partial charge in [-0.2, -0.15) is 0 Å². The van der Waals surface area contributed by atoms with Crippen LogP contribution in [-0.2, 0) is 68.4 Å². The first-order valence-electron chi connectivity index (χ1n) is 27.8. The summed E-state index contributed by atoms with van der Waals surface area (Å²) < 4.78 is 33.9. The van der Waals surface area contributed by atoms with Crippen LogP contribution >= 0.6 is 0 Å². The third kappa shape index (κ3) is 22.9. The van der Waals surface area contributed by atoms with E-state index < -0.39 is 78.6 Å². The van der Waals surface area contributed by atoms with E-state index in [-0.39, 0.29) is 99.9 Å². The Morgan fingerprint density at radius 2 is 1.49 bits per heavy atom. The monoisotopic (exact) mass is 1090 g/mol. The number of amides is 5. The van der Waals surface area contributed by atoms with E-state index >= 15 is 0 Å². The first-order valence-corrected chi connectivity index (χ1v) is 27.8. The highest BCUT2D eigenvalue weighted by Crippen LogP contribution is 2.30. The van der Waals surface area contributed by atoms with E-state index in [0.717, 1.165) is 5.56 Å². The van der Waals surface area contributed by atoms with Crippen molar-refractivity contribution >= 4 is 41.5 Å². The van der Waals surface area contributed by atoms with Gasteiger partial charge in [0.2, 0.25) is 29.5 Å². The molecule has 0 spiro atoms. The highest BCUT2D eigenvalue weighted by molar-refractivity contribution is 5.90. The van der Waals surface area contributed by atoms with Gasteiger partial charge in [0.25, 0.3) is 0 Å². The highest BCUT2D eigenvalue weighted by Gasteiger charge is 2.44. The number of methoxy groups -OCH3 is 3. The lowest BCUT2D eigenvalue weighted by molar-refractivity contribution is -0.196. The Hall–Kier alpha value is -4.73. The van der Waals surface area contributed by atoms with Crippen molar-refractivity contribution in [1.29, 1.82) is 0 Å². The van der Waals surface area contributed by atoms with E-state index in [1.54, 1.807) is 23.8 Å². The number of likely N-dealkylation sites (tertiary alicyclic amines) is 1. The van der Waals surface area contributed by atoms with Crippen molar-refractivity contribution in [1.82, 2.24) is 30.7 Å². The number of ether oxygens (including phenoxy) is 6. The van der Waals surface area contributed by atoms with Gasteiger partial charge in [0.05, 0.1) is 62.0 Å². The minimum Gasteiger partial charge on any atom is -0.464 e. The van der Waals surface area contributed by atoms with Crippen LogP contribution in [0.3, 0.4) is 0 Å². The van der Waals surface area contributed by atoms with E-state index in [4.69, 9.17) is 28.4 Å². The quantitative estimate of drug-likeness (QED) is 0.0407. The maximum Gasteiger partial charge on any atom is 0.328 e. The average molecular weight is 1090 g/mol. The van der Waals surface area contributed by atoms with Crippen molar-refractivity contribution in [2.24, 2.45) is 29.6 Å². The second-order valence-corrected chi connectivity index (χ2v) is 21.9. The average Bonchev–Trinajstić information content (AvgIpc) is 3.87. The smallest absolute Gasteiger partial charge is 0.328 e. The number of rotatable bonds is 37. The van der Waals surface area contributed by atoms with Gasteiger partial charge in [0.15, 0.2) is 6.29 Å². The van der Waals surface area contributed by atoms with Gasteiger partial charge in [-0.15, -0.1) is 0 Å². The van der Waals surface area contributed by atoms with Crippen molar-refractivity contribution in [3.05, 3.63) is 35.9 Å². The molecule has 5 amide bonds. The Balaban J connectivity index is 2.08. The van der Waals surface area contributed by atoms with E-state index in [9.17, 15) is 38.7 Å². The number of hydrogen-bond donors (Lipinski definition) is 4. The number of likely N-dealkylation sites (N-methyl/N-ethyl adjacent to an activating group) is 2. The van der Waals surface area contributed by atoms with Crippen LogP contribution in [0.25, 0.3) is 0 Å². The largest absolute Gasteiger partial charge is 0.464 e. The van der Waals surface area contributed by atoms with Gasteiger partial charge in [-0.3, -0.25) is 33.7 Å². The second-order valence-electron chi connectivity index (χ2n) is 21.9. The Labute approximate surface area is 460 Å². The number of nitrogens with one attached hydrogen (secondary N) is 3. The molecule has 20 nitrogen and oxygen atoms in total. The molecule has 1 saturated heterocycles. The summed E-state index contributed by atoms with van der Waals surface area (Å²) in [4.78, 5) is 100. The fraction of sp³-hybridized carbons (Fsp3) is 0.772. The number of carbonyl (C=O) groups is 7. The minimum absolute atomic E-state index is 0.00295. The Morgan fingerprint density at radius 1 is 0.818 bits per heavy atom. The molecule has 0 bridgehead atoms. The summed E-state index contributed by atoms with van der Waals surface area (Å²) in [5, 5.41) is 18.3. The van der Waals surface area contributed by atoms with Crippen LogP contribution in [-0.4, -0.2) is 191 Å². The highest BCUT2D eigenvalue weighted by atomic mass is 16.7. The molecule has 1 aromatic rings. The lowest BCUT2D eigenvalue weighted by atomic mass is 9.89. The van der Waals surface area contributed by atoms with Gasteiger partial charge in [-0.05, 0) is 75.4 Å². The molecular weight excluding hydrogens is 993 g/mol. The summed E-state index contributed by atoms with van der Waals surface area (Å²) in [5.41, 5.74) is 0.794. The number of benzene rings is 1. The van der Waals surface area contributed by atoms with Crippen LogP contribution in [0.15, 0.2) is 30.3 Å². The van der Waals surface area contributed by atoms with Gasteiger partial charge in [-0.1, -0.05) is 99.1 Å². The summed E-state index contributed by atoms with van der Waals surface area (Å²) in [6.07, 6.45) is 0.550. The summed E-state index contributed by atoms with van der Waals surface area (Å²) in [7, 11) is 9.84. The van der Waals surface area contributed by atoms with Crippen molar-refractivity contribution < 1.29 is 67.1 Å². The molecule has 1 aliphatic heterocycles. The molecule has 1 aromatic carbocycles. The molecule has 1 fully saturated rings. The van der Waals surface area contributed by atoms with Crippen LogP contribution in [0.5, 0.6) is 0 Å². The molecule has 0 aromatic heterocycles. The lowest BCUT2D eigenvalue weighted by Gasteiger charge is -2.41. The van der Waals surface area contributed by atoms with Crippen LogP contribution in [0.1, 0.15) is 126 Å². The van der Waals surface area contributed by atoms with Gasteiger partial charge in [-0.25, -0.2) is 4.79 Å². The zero-order valence-electron chi connectivity index (χ0n) is 49.2. The van der Waals surface area contributed by atoms with Gasteiger partial charge in [0.1, 0.15) is 18.7 Å². The topological polar surface area (TPSA) is 241 Å². The first-order chi connectivity index (χ1) is 36.5. The van der Waals surface area contributed by atoms with E-state index in [2.05, 4.69) is 16.0 Å². The van der Waals surface area contributed by atoms with E-state index in [1.807, 2.05) is 105 Å². The molecule has 2 unspecified atom stereocenters. The molecule has 4 N–H and O–H groups in total. The molecule has 0 saturated carbocycles. The number of esters is 2. The molecule has 77 heavy (non-hydrogen) atoms. The second kappa shape index (κ2) is 35.7. The standard InChI is InChI=1S/C57H98N6O14/c1-16-39(8)52(62(12)56(70)50(37(4)5)60-55(69)51(38(6)7)61(10)11)45(72-13)33-47(66)63-29-21-25-44(63)53(74-15)40(9)54(68)59-43(32-41-23-18-17-19-24-41)57(71)75-30-22-28-58-46(65)26-20-27-48(67)76-35-49(73-14)77-42(34-64)31-36(2)3/h17-19,23-24,36-40,42-45,49-53,64H,16,20-22,25-35H2,1-15H3,(H,58,65)(H,59,68)(H,60,69)/t39-,40+,42?,43-,44-,45+,49?,50-,51-,52-,53+/m0/s1. The summed E-state index contributed by atoms with van der Waals surface area (Å²) >= 11 is 0. The fourth-order valence-corrected chi connectivity index (χ4v) is 10.1. The van der Waals surface area contributed by atoms with Crippen molar-refractivity contribution in [2.45, 2.75) is 181 Å². The summed E-state index contributed by atoms with van der Waals surface area (Å²) in [6, 6.07) is 5.92. The van der Waals surface area contributed by atoms with Gasteiger partial charge >= 0.3 is 11.9 Å². The number of aliphatic hydroxyl groups is 1. The van der Waals surface area contributed by atoms with Crippen molar-refractivity contribution in [3.63, 3.8) is 0 Å². The number of hydrogen-bond acceptors (Lipinski definition) is 15. The first kappa shape index (κ1) is 68.4. The predicted octanol–water partition coefficient (Wildman–Crippen LogP) is 4.52. The lowest BCUT2D eigenvalue weighted by Crippen LogP contribution is -2.59. The molecule has 2 rings (SSSR count). The van der Waals surface area contributed by atoms with Crippen LogP contribution in [0.2, 0.25) is 0 Å². The SMILES string of the molecule is CC[C@H](C)[C@@H]([C@@H](CC(=O)N1CCC[C@H]1[C@H](OC)[C@@H](C)C(=O)N[C@@H](Cc1ccccc1)C(=O)OCCCNC(=O)CCCC(=O)OCC(OC)OC(CO)CC(C)C)OC)N(C)C(=O)[C@@H](NC(=O)[C@H](C(C)C)N(C)C)C(C)C. The van der Waals surface area contributed by atoms with Crippen molar-refractivity contribution in [2.75, 3.05) is 75.4 Å². The fourth-order valence-electron chi connectivity index (χ4n) is 10.1. The Kier molecular flexibility index (Phi) is 31.7. The van der Waals surface area contributed by atoms with Gasteiger partial charge in [0, 0.05) is 60.7 Å². The molecule has 0 radical (unpaired) electrons. The number of aliphatic hydroxyl groups excluding tert-OH is 1. The Bertz CT molecular complexity index is 1930. The van der Waals surface area contributed by atoms with Gasteiger partial charge < -0.3 is 59.3 Å². The minimum atomic E-state index is -1.06. The summed E-state index contributed by atoms with van der Waals surface area (Å²) in [6.45, 7) is 17.7. The summed E-state index contributed by atoms with van der Waals surface area (Å²) in [5.74, 6) is -3.43. The van der Waals surface area contributed by atoms with E-state index in [1.165, 1.54) is 21.3 Å². The molecule has 11 atom stereocenters. The maximum atomic E-state index is 14.5. The molecule has 20 heteroatoms. The third-order valence-corrected chi connectivity index (χ3v) is 14.4. The molecule has 0 aliphatic carbocycles. The zero-order valence-corrected chi connectivity index (χ0v) is 49.2. The van der Waals surface area contributed by atoms with Crippen LogP contribution < -0.4 is 16.0 Å². The zero-order chi connectivity index (χ0) is 57.9. The number of carbonyl (C=O) groups excluding carboxylic acids is 7. The van der Waals surface area contributed by atoms with Crippen molar-refractivity contribution in [3.8, 4) is 0 Å². The molecule has 1 aliphatic rings. The molecule has 1 heterocycles. The third-order valence-electron chi connectivity index (χ3n) is 14.4. The predicted molar refractivity (Wildman–Crippen MR) is 293 cm³/mol. The van der Waals surface area contributed by atoms with E-state index in [0.29, 0.717) is 44.6 Å². The maximum absolute atomic E-state index is 14.5. The number of nitrogens with zero attached hydrogens (tertiary/aromatic N) is 3. The van der Waals surface area contributed by atoms with Crippen LogP contribution in [0.4, 0.5) is 0 Å². The van der Waals surface area contributed by atoms with Crippen LogP contribution in [0, 0.1) is 29.6 Å². The molecular formula is C57H98N6O14. The molecule has 440 valence electrons.